The highest BCUT2D eigenvalue weighted by atomic mass is 14.5. The highest BCUT2D eigenvalue weighted by Gasteiger charge is 2.46. The van der Waals surface area contributed by atoms with Gasteiger partial charge >= 0.3 is 0 Å². The van der Waals surface area contributed by atoms with Crippen molar-refractivity contribution >= 4 is 16.3 Å². The third kappa shape index (κ3) is 9.00. The Balaban J connectivity index is 0.765. The van der Waals surface area contributed by atoms with Crippen molar-refractivity contribution in [2.75, 3.05) is 0 Å². The van der Waals surface area contributed by atoms with Crippen molar-refractivity contribution in [1.29, 1.82) is 0 Å². The second kappa shape index (κ2) is 21.9. The summed E-state index contributed by atoms with van der Waals surface area (Å²) in [6, 6.07) is 87.2. The number of hydrogen-bond donors (Lipinski definition) is 0. The van der Waals surface area contributed by atoms with Gasteiger partial charge < -0.3 is 0 Å². The SMILES string of the molecule is Cc1cc(C(c2ccc3c(c2)Cc2ccccc2-3)c2ccc3c(c2)C(C)(C)c2ccccc2-3)ccc1-c1ccccc1Cc1ccc(-c2cccc(C3(C)c4ccccc4-c4ccc(C5=CCCC=C5)cc43)c2C2(C)C=CC(C3=CC=CCC3)=CC2)c2ccccc12. The van der Waals surface area contributed by atoms with Crippen LogP contribution in [0.25, 0.3) is 72.0 Å². The van der Waals surface area contributed by atoms with E-state index in [9.17, 15) is 0 Å². The molecule has 92 heavy (non-hydrogen) atoms. The molecule has 6 aliphatic carbocycles. The molecule has 0 aliphatic heterocycles. The molecule has 0 radical (unpaired) electrons. The van der Waals surface area contributed by atoms with Crippen LogP contribution in [0.15, 0.2) is 290 Å². The van der Waals surface area contributed by atoms with Gasteiger partial charge in [0.25, 0.3) is 0 Å². The molecule has 3 atom stereocenters. The third-order valence-electron chi connectivity index (χ3n) is 22.2. The molecule has 11 aromatic rings. The van der Waals surface area contributed by atoms with Crippen molar-refractivity contribution in [3.05, 3.63) is 374 Å². The lowest BCUT2D eigenvalue weighted by atomic mass is 9.63. The molecule has 0 saturated carbocycles. The summed E-state index contributed by atoms with van der Waals surface area (Å²) in [5.41, 5.74) is 37.0. The van der Waals surface area contributed by atoms with Crippen LogP contribution in [0, 0.1) is 6.92 Å². The Morgan fingerprint density at radius 3 is 1.84 bits per heavy atom. The molecular weight excluding hydrogens is 1110 g/mol. The Labute approximate surface area is 544 Å². The monoisotopic (exact) mass is 1180 g/mol. The van der Waals surface area contributed by atoms with Gasteiger partial charge in [-0.2, -0.15) is 0 Å². The van der Waals surface area contributed by atoms with Gasteiger partial charge in [0.1, 0.15) is 0 Å². The lowest BCUT2D eigenvalue weighted by molar-refractivity contribution is 0.572. The van der Waals surface area contributed by atoms with Crippen molar-refractivity contribution in [2.24, 2.45) is 0 Å². The minimum absolute atomic E-state index is 0.0488. The molecule has 0 nitrogen and oxygen atoms in total. The summed E-state index contributed by atoms with van der Waals surface area (Å²) in [6.07, 6.45) is 28.5. The fraction of sp³-hybridized carbons (Fsp3) is 0.174. The molecule has 6 aliphatic rings. The molecule has 0 heteroatoms. The van der Waals surface area contributed by atoms with Crippen molar-refractivity contribution in [3.63, 3.8) is 0 Å². The van der Waals surface area contributed by atoms with Crippen LogP contribution >= 0.6 is 0 Å². The Kier molecular flexibility index (Phi) is 13.4. The molecule has 0 bridgehead atoms. The maximum Gasteiger partial charge on any atom is 0.0439 e. The predicted molar refractivity (Wildman–Crippen MR) is 388 cm³/mol. The van der Waals surface area contributed by atoms with Gasteiger partial charge in [0, 0.05) is 22.2 Å². The number of rotatable bonds is 11. The van der Waals surface area contributed by atoms with Gasteiger partial charge in [-0.25, -0.2) is 0 Å². The molecule has 0 spiro atoms. The summed E-state index contributed by atoms with van der Waals surface area (Å²) in [4.78, 5) is 0. The largest absolute Gasteiger partial charge is 0.0842 e. The number of benzene rings is 11. The molecule has 17 rings (SSSR count). The quantitative estimate of drug-likeness (QED) is 0.113. The molecule has 0 amide bonds. The summed E-state index contributed by atoms with van der Waals surface area (Å²) in [7, 11) is 0. The van der Waals surface area contributed by atoms with E-state index in [1.807, 2.05) is 0 Å². The maximum atomic E-state index is 2.56. The van der Waals surface area contributed by atoms with E-state index in [0.29, 0.717) is 0 Å². The smallest absolute Gasteiger partial charge is 0.0439 e. The Morgan fingerprint density at radius 2 is 1.05 bits per heavy atom. The van der Waals surface area contributed by atoms with Crippen LogP contribution in [-0.4, -0.2) is 0 Å². The molecule has 0 N–H and O–H groups in total. The van der Waals surface area contributed by atoms with Crippen LogP contribution in [0.5, 0.6) is 0 Å². The van der Waals surface area contributed by atoms with Gasteiger partial charge in [-0.1, -0.05) is 294 Å². The van der Waals surface area contributed by atoms with Crippen LogP contribution in [0.4, 0.5) is 0 Å². The summed E-state index contributed by atoms with van der Waals surface area (Å²) in [5, 5.41) is 2.59. The first-order valence-corrected chi connectivity index (χ1v) is 33.7. The number of hydrogen-bond acceptors (Lipinski definition) is 0. The molecule has 11 aromatic carbocycles. The maximum absolute atomic E-state index is 2.56. The Bertz CT molecular complexity index is 5090. The topological polar surface area (TPSA) is 0 Å². The summed E-state index contributed by atoms with van der Waals surface area (Å²) >= 11 is 0. The average Bonchev–Trinajstić information content (AvgIpc) is 1.43. The van der Waals surface area contributed by atoms with E-state index in [4.69, 9.17) is 0 Å². The van der Waals surface area contributed by atoms with E-state index in [0.717, 1.165) is 44.9 Å². The van der Waals surface area contributed by atoms with Crippen molar-refractivity contribution in [1.82, 2.24) is 0 Å². The summed E-state index contributed by atoms with van der Waals surface area (Å²) in [6.45, 7) is 12.2. The van der Waals surface area contributed by atoms with Gasteiger partial charge in [0.15, 0.2) is 0 Å². The predicted octanol–water partition coefficient (Wildman–Crippen LogP) is 23.6. The van der Waals surface area contributed by atoms with Crippen molar-refractivity contribution in [3.8, 4) is 55.6 Å². The second-order valence-corrected chi connectivity index (χ2v) is 28.0. The average molecular weight is 1180 g/mol. The van der Waals surface area contributed by atoms with Gasteiger partial charge in [0.2, 0.25) is 0 Å². The first-order valence-electron chi connectivity index (χ1n) is 33.7. The third-order valence-corrected chi connectivity index (χ3v) is 22.2. The van der Waals surface area contributed by atoms with Crippen LogP contribution in [-0.2, 0) is 29.1 Å². The molecular formula is C92H76. The number of fused-ring (bicyclic) bond motifs is 10. The van der Waals surface area contributed by atoms with Gasteiger partial charge in [-0.15, -0.1) is 0 Å². The lowest BCUT2D eigenvalue weighted by Crippen LogP contribution is -2.31. The zero-order chi connectivity index (χ0) is 61.9. The second-order valence-electron chi connectivity index (χ2n) is 28.0. The lowest BCUT2D eigenvalue weighted by Gasteiger charge is -2.39. The standard InChI is InChI=1S/C92H76/c1-59-53-67(88(68-42-45-75-70(56-68)55-65-28-13-15-30-73(65)75)69-43-48-80-78-33-18-20-36-83(78)90(2,3)86(80)58-69)41-44-71(59)72-29-14-12-27-64(72)54-66-40-46-77(76-32-17-16-31-74(66)76)82-35-22-38-85(89(82)91(4)51-49-62(50-52-91)60-23-8-6-9-24-60)92(5)84-37-21-19-34-79(84)81-47-39-63(57-87(81)92)61-25-10-7-11-26-61/h6,8,10,12-23,25-51,53,56-58,88H,7,9,11,24,52,54-55H2,1-5H3. The van der Waals surface area contributed by atoms with E-state index in [-0.39, 0.29) is 16.7 Å². The zero-order valence-corrected chi connectivity index (χ0v) is 53.6. The zero-order valence-electron chi connectivity index (χ0n) is 53.6. The molecule has 444 valence electrons. The first kappa shape index (κ1) is 56.1. The molecule has 0 heterocycles. The van der Waals surface area contributed by atoms with Gasteiger partial charge in [-0.3, -0.25) is 0 Å². The number of allylic oxidation sites excluding steroid dienone is 12. The van der Waals surface area contributed by atoms with E-state index >= 15 is 0 Å². The van der Waals surface area contributed by atoms with Gasteiger partial charge in [-0.05, 0) is 231 Å². The normalized spacial score (nSPS) is 18.9. The van der Waals surface area contributed by atoms with Crippen LogP contribution in [0.2, 0.25) is 0 Å². The summed E-state index contributed by atoms with van der Waals surface area (Å²) in [5.74, 6) is 0.0488. The highest BCUT2D eigenvalue weighted by molar-refractivity contribution is 6.01. The Morgan fingerprint density at radius 1 is 0.413 bits per heavy atom. The molecule has 0 aromatic heterocycles. The van der Waals surface area contributed by atoms with E-state index in [1.165, 1.54) is 167 Å². The van der Waals surface area contributed by atoms with E-state index < -0.39 is 5.41 Å². The minimum atomic E-state index is -0.429. The molecule has 0 saturated heterocycles. The molecule has 3 unspecified atom stereocenters. The number of aryl methyl sites for hydroxylation is 1. The van der Waals surface area contributed by atoms with Gasteiger partial charge in [0.05, 0.1) is 0 Å². The first-order chi connectivity index (χ1) is 45.0. The van der Waals surface area contributed by atoms with Crippen LogP contribution < -0.4 is 0 Å². The summed E-state index contributed by atoms with van der Waals surface area (Å²) < 4.78 is 0. The van der Waals surface area contributed by atoms with E-state index in [1.54, 1.807) is 0 Å². The minimum Gasteiger partial charge on any atom is -0.0842 e. The van der Waals surface area contributed by atoms with Crippen LogP contribution in [0.1, 0.15) is 149 Å². The van der Waals surface area contributed by atoms with Crippen molar-refractivity contribution in [2.45, 2.75) is 102 Å². The fourth-order valence-corrected chi connectivity index (χ4v) is 17.5. The fourth-order valence-electron chi connectivity index (χ4n) is 17.5. The molecule has 0 fully saturated rings. The van der Waals surface area contributed by atoms with E-state index in [2.05, 4.69) is 314 Å². The Hall–Kier alpha value is -9.88. The van der Waals surface area contributed by atoms with Crippen LogP contribution in [0.3, 0.4) is 0 Å². The highest BCUT2D eigenvalue weighted by Crippen LogP contribution is 2.58. The van der Waals surface area contributed by atoms with Crippen molar-refractivity contribution < 1.29 is 0 Å².